The Labute approximate surface area is 340 Å². The molecule has 60 heavy (non-hydrogen) atoms. The SMILES string of the molecule is [C-]#[N+]C1=C(F)/C(=C(/C#N)c2cc(C#N)cc(C#N)c2)c2c1c(-c1ccc(C#N)cc1)c1c(c2-c2ccc(C#N)cc2)C(C#N)=C(F)/C1=C(/[N+]#[C-])c1cc(C#N)cc(C#N)c1. The normalized spacial score (nSPS) is 13.6. The molecule has 0 fully saturated rings. The Kier molecular flexibility index (Phi) is 9.63. The van der Waals surface area contributed by atoms with E-state index in [2.05, 4.69) is 9.69 Å². The zero-order valence-electron chi connectivity index (χ0n) is 30.3. The summed E-state index contributed by atoms with van der Waals surface area (Å²) in [6.45, 7) is 16.7. The Morgan fingerprint density at radius 1 is 0.450 bits per heavy atom. The van der Waals surface area contributed by atoms with Crippen LogP contribution in [0.4, 0.5) is 8.78 Å². The van der Waals surface area contributed by atoms with Gasteiger partial charge in [0.1, 0.15) is 23.8 Å². The van der Waals surface area contributed by atoms with Gasteiger partial charge in [0.05, 0.1) is 94.1 Å². The summed E-state index contributed by atoms with van der Waals surface area (Å²) >= 11 is 0. The molecule has 10 nitrogen and oxygen atoms in total. The largest absolute Gasteiger partial charge is 0.237 e. The summed E-state index contributed by atoms with van der Waals surface area (Å²) in [5.41, 5.74) is -3.38. The number of allylic oxidation sites excluding steroid dienone is 6. The van der Waals surface area contributed by atoms with Gasteiger partial charge in [0.2, 0.25) is 11.4 Å². The quantitative estimate of drug-likeness (QED) is 0.127. The van der Waals surface area contributed by atoms with E-state index in [0.29, 0.717) is 0 Å². The van der Waals surface area contributed by atoms with E-state index < -0.39 is 45.3 Å². The van der Waals surface area contributed by atoms with Crippen molar-refractivity contribution in [1.29, 1.82) is 42.1 Å². The van der Waals surface area contributed by atoms with Crippen LogP contribution in [0.2, 0.25) is 0 Å². The topological polar surface area (TPSA) is 199 Å². The molecule has 12 heteroatoms. The van der Waals surface area contributed by atoms with Crippen molar-refractivity contribution in [2.45, 2.75) is 0 Å². The van der Waals surface area contributed by atoms with Crippen LogP contribution in [0.3, 0.4) is 0 Å². The molecular formula is C48H14F2N10. The lowest BCUT2D eigenvalue weighted by molar-refractivity contribution is 0.682. The van der Waals surface area contributed by atoms with E-state index in [9.17, 15) is 42.1 Å². The van der Waals surface area contributed by atoms with Crippen molar-refractivity contribution >= 4 is 33.7 Å². The Hall–Kier alpha value is -10.2. The summed E-state index contributed by atoms with van der Waals surface area (Å²) in [6, 6.07) is 34.7. The van der Waals surface area contributed by atoms with Gasteiger partial charge in [0.15, 0.2) is 0 Å². The maximum Gasteiger partial charge on any atom is 0.231 e. The second-order valence-electron chi connectivity index (χ2n) is 12.9. The van der Waals surface area contributed by atoms with Gasteiger partial charge in [-0.05, 0) is 105 Å². The van der Waals surface area contributed by atoms with Crippen molar-refractivity contribution in [3.8, 4) is 70.8 Å². The van der Waals surface area contributed by atoms with E-state index in [-0.39, 0.29) is 89.0 Å². The molecule has 270 valence electrons. The molecule has 0 aromatic heterocycles. The first-order valence-electron chi connectivity index (χ1n) is 17.2. The molecule has 0 saturated carbocycles. The highest BCUT2D eigenvalue weighted by atomic mass is 19.1. The van der Waals surface area contributed by atoms with Crippen LogP contribution in [0.15, 0.2) is 96.6 Å². The van der Waals surface area contributed by atoms with Gasteiger partial charge in [-0.2, -0.15) is 42.1 Å². The molecule has 0 amide bonds. The van der Waals surface area contributed by atoms with Gasteiger partial charge < -0.3 is 0 Å². The third-order valence-electron chi connectivity index (χ3n) is 9.84. The molecule has 0 unspecified atom stereocenters. The molecule has 7 rings (SSSR count). The summed E-state index contributed by atoms with van der Waals surface area (Å²) in [7, 11) is 0. The maximum absolute atomic E-state index is 17.5. The number of halogens is 2. The van der Waals surface area contributed by atoms with Crippen LogP contribution in [0, 0.1) is 104 Å². The number of hydrogen-bond acceptors (Lipinski definition) is 8. The molecule has 0 aliphatic heterocycles. The smallest absolute Gasteiger partial charge is 0.231 e. The first kappa shape index (κ1) is 38.1. The molecule has 5 aromatic rings. The minimum absolute atomic E-state index is 0.0346. The van der Waals surface area contributed by atoms with Crippen LogP contribution in [-0.2, 0) is 0 Å². The van der Waals surface area contributed by atoms with E-state index in [1.807, 2.05) is 48.6 Å². The Morgan fingerprint density at radius 2 is 0.883 bits per heavy atom. The molecule has 0 radical (unpaired) electrons. The van der Waals surface area contributed by atoms with Gasteiger partial charge in [-0.15, -0.1) is 0 Å². The predicted octanol–water partition coefficient (Wildman–Crippen LogP) is 10.3. The lowest BCUT2D eigenvalue weighted by Crippen LogP contribution is -2.04. The average molecular weight is 769 g/mol. The standard InChI is InChI=1S/C48H14F2N10/c1-59-47(34-15-29(21-55)12-30(16-34)22-56)44-41-38(32-9-5-26(18-52)6-10-32)43-42(37(39(41)36(24-58)45(44)49)31-7-3-25(17-51)4-8-31)40(46(50)48(43)60-2)35(23-57)33-13-27(19-53)11-28(14-33)20-54/h3-16H/b40-35-,47-44+. The fourth-order valence-corrected chi connectivity index (χ4v) is 7.41. The fraction of sp³-hybridized carbons (Fsp3) is 0. The molecule has 2 aliphatic carbocycles. The molecule has 0 heterocycles. The minimum atomic E-state index is -1.20. The number of fused-ring (bicyclic) bond motifs is 2. The maximum atomic E-state index is 17.5. The van der Waals surface area contributed by atoms with Crippen molar-refractivity contribution in [2.75, 3.05) is 0 Å². The Bertz CT molecular complexity index is 3130. The van der Waals surface area contributed by atoms with Crippen LogP contribution in [-0.4, -0.2) is 0 Å². The second kappa shape index (κ2) is 15.2. The first-order chi connectivity index (χ1) is 29.1. The number of rotatable bonds is 4. The van der Waals surface area contributed by atoms with E-state index in [1.54, 1.807) is 0 Å². The number of nitriles is 8. The van der Waals surface area contributed by atoms with Gasteiger partial charge in [0.25, 0.3) is 0 Å². The molecule has 0 saturated heterocycles. The minimum Gasteiger partial charge on any atom is -0.237 e. The molecule has 0 bridgehead atoms. The van der Waals surface area contributed by atoms with E-state index in [0.717, 1.165) is 0 Å². The van der Waals surface area contributed by atoms with Crippen LogP contribution in [0.25, 0.3) is 65.6 Å². The Balaban J connectivity index is 1.83. The van der Waals surface area contributed by atoms with Crippen LogP contribution >= 0.6 is 0 Å². The molecule has 2 aliphatic rings. The molecule has 0 spiro atoms. The number of benzene rings is 5. The monoisotopic (exact) mass is 768 g/mol. The zero-order chi connectivity index (χ0) is 42.8. The molecular weight excluding hydrogens is 755 g/mol. The summed E-state index contributed by atoms with van der Waals surface area (Å²) in [4.78, 5) is 7.26. The average Bonchev–Trinajstić information content (AvgIpc) is 3.74. The summed E-state index contributed by atoms with van der Waals surface area (Å²) in [6.07, 6.45) is 0. The highest BCUT2D eigenvalue weighted by Gasteiger charge is 2.44. The Morgan fingerprint density at radius 3 is 1.28 bits per heavy atom. The third kappa shape index (κ3) is 5.85. The highest BCUT2D eigenvalue weighted by Crippen LogP contribution is 2.61. The lowest BCUT2D eigenvalue weighted by Gasteiger charge is -2.24. The third-order valence-corrected chi connectivity index (χ3v) is 9.84. The van der Waals surface area contributed by atoms with E-state index >= 15 is 8.78 Å². The molecule has 0 atom stereocenters. The van der Waals surface area contributed by atoms with Gasteiger partial charge in [-0.3, -0.25) is 0 Å². The summed E-state index contributed by atoms with van der Waals surface area (Å²) in [5, 5.41) is 80.1. The number of nitrogens with zero attached hydrogens (tertiary/aromatic N) is 10. The molecule has 5 aromatic carbocycles. The summed E-state index contributed by atoms with van der Waals surface area (Å²) in [5.74, 6) is -2.40. The second-order valence-corrected chi connectivity index (χ2v) is 12.9. The van der Waals surface area contributed by atoms with Gasteiger partial charge >= 0.3 is 0 Å². The van der Waals surface area contributed by atoms with E-state index in [1.165, 1.54) is 84.9 Å². The van der Waals surface area contributed by atoms with Crippen LogP contribution < -0.4 is 0 Å². The van der Waals surface area contributed by atoms with Crippen molar-refractivity contribution in [2.24, 2.45) is 0 Å². The van der Waals surface area contributed by atoms with E-state index in [4.69, 9.17) is 13.1 Å². The van der Waals surface area contributed by atoms with Crippen LogP contribution in [0.1, 0.15) is 66.8 Å². The van der Waals surface area contributed by atoms with Crippen molar-refractivity contribution in [3.05, 3.63) is 186 Å². The van der Waals surface area contributed by atoms with Crippen molar-refractivity contribution < 1.29 is 8.78 Å². The highest BCUT2D eigenvalue weighted by molar-refractivity contribution is 6.24. The van der Waals surface area contributed by atoms with Gasteiger partial charge in [0, 0.05) is 22.3 Å². The van der Waals surface area contributed by atoms with Gasteiger partial charge in [-0.25, -0.2) is 18.5 Å². The van der Waals surface area contributed by atoms with Gasteiger partial charge in [-0.1, -0.05) is 24.3 Å². The number of hydrogen-bond donors (Lipinski definition) is 0. The first-order valence-corrected chi connectivity index (χ1v) is 17.2. The predicted molar refractivity (Wildman–Crippen MR) is 213 cm³/mol. The summed E-state index contributed by atoms with van der Waals surface area (Å²) < 4.78 is 35.0. The zero-order valence-corrected chi connectivity index (χ0v) is 30.3. The molecule has 0 N–H and O–H groups in total. The van der Waals surface area contributed by atoms with Crippen molar-refractivity contribution in [1.82, 2.24) is 0 Å². The van der Waals surface area contributed by atoms with Crippen molar-refractivity contribution in [3.63, 3.8) is 0 Å². The lowest BCUT2D eigenvalue weighted by atomic mass is 9.78. The van der Waals surface area contributed by atoms with Crippen LogP contribution in [0.5, 0.6) is 0 Å². The fourth-order valence-electron chi connectivity index (χ4n) is 7.41.